The summed E-state index contributed by atoms with van der Waals surface area (Å²) < 4.78 is 32.3. The van der Waals surface area contributed by atoms with E-state index in [9.17, 15) is 8.42 Å². The highest BCUT2D eigenvalue weighted by atomic mass is 32.2. The van der Waals surface area contributed by atoms with Crippen LogP contribution in [0.3, 0.4) is 0 Å². The minimum atomic E-state index is -3.59. The van der Waals surface area contributed by atoms with Crippen LogP contribution in [0.15, 0.2) is 47.6 Å². The third-order valence-corrected chi connectivity index (χ3v) is 5.67. The number of rotatable bonds is 7. The Morgan fingerprint density at radius 1 is 1.13 bits per heavy atom. The van der Waals surface area contributed by atoms with E-state index in [1.165, 1.54) is 11.4 Å². The smallest absolute Gasteiger partial charge is 0.246 e. The number of pyridine rings is 1. The minimum Gasteiger partial charge on any atom is -0.495 e. The van der Waals surface area contributed by atoms with Gasteiger partial charge in [0, 0.05) is 26.0 Å². The molecule has 0 bridgehead atoms. The molecule has 0 spiro atoms. The van der Waals surface area contributed by atoms with E-state index in [1.807, 2.05) is 25.1 Å². The molecule has 6 heteroatoms. The molecule has 1 aromatic heterocycles. The van der Waals surface area contributed by atoms with E-state index in [0.29, 0.717) is 18.7 Å². The number of nitrogens with zero attached hydrogens (tertiary/aromatic N) is 2. The van der Waals surface area contributed by atoms with Gasteiger partial charge in [-0.3, -0.25) is 4.98 Å². The second-order valence-electron chi connectivity index (χ2n) is 5.27. The molecule has 5 nitrogen and oxygen atoms in total. The van der Waals surface area contributed by atoms with Gasteiger partial charge in [0.2, 0.25) is 10.0 Å². The molecule has 23 heavy (non-hydrogen) atoms. The molecular formula is C17H22N2O3S. The predicted molar refractivity (Wildman–Crippen MR) is 90.1 cm³/mol. The van der Waals surface area contributed by atoms with E-state index in [-0.39, 0.29) is 4.90 Å². The van der Waals surface area contributed by atoms with E-state index in [2.05, 4.69) is 4.98 Å². The predicted octanol–water partition coefficient (Wildman–Crippen LogP) is 2.52. The lowest BCUT2D eigenvalue weighted by molar-refractivity contribution is 0.398. The van der Waals surface area contributed by atoms with Crippen molar-refractivity contribution in [3.8, 4) is 5.75 Å². The van der Waals surface area contributed by atoms with Crippen LogP contribution in [-0.4, -0.2) is 38.4 Å². The molecule has 0 unspecified atom stereocenters. The number of benzene rings is 1. The molecule has 0 radical (unpaired) electrons. The Balaban J connectivity index is 2.23. The molecule has 0 saturated heterocycles. The van der Waals surface area contributed by atoms with E-state index in [1.54, 1.807) is 31.6 Å². The number of sulfonamides is 1. The van der Waals surface area contributed by atoms with Crippen molar-refractivity contribution in [1.29, 1.82) is 0 Å². The van der Waals surface area contributed by atoms with Gasteiger partial charge < -0.3 is 4.74 Å². The van der Waals surface area contributed by atoms with Crippen molar-refractivity contribution in [1.82, 2.24) is 9.29 Å². The topological polar surface area (TPSA) is 59.5 Å². The van der Waals surface area contributed by atoms with Gasteiger partial charge in [-0.05, 0) is 48.2 Å². The van der Waals surface area contributed by atoms with Gasteiger partial charge in [-0.1, -0.05) is 13.0 Å². The quantitative estimate of drug-likeness (QED) is 0.781. The van der Waals surface area contributed by atoms with Crippen LogP contribution < -0.4 is 4.74 Å². The highest BCUT2D eigenvalue weighted by Crippen LogP contribution is 2.27. The summed E-state index contributed by atoms with van der Waals surface area (Å²) in [7, 11) is -0.517. The van der Waals surface area contributed by atoms with Crippen molar-refractivity contribution in [3.63, 3.8) is 0 Å². The number of ether oxygens (including phenoxy) is 1. The Labute approximate surface area is 138 Å². The van der Waals surface area contributed by atoms with Crippen molar-refractivity contribution in [3.05, 3.63) is 53.9 Å². The average Bonchev–Trinajstić information content (AvgIpc) is 2.59. The molecule has 1 aromatic carbocycles. The number of likely N-dealkylation sites (N-methyl/N-ethyl adjacent to an activating group) is 1. The van der Waals surface area contributed by atoms with E-state index >= 15 is 0 Å². The summed E-state index contributed by atoms with van der Waals surface area (Å²) >= 11 is 0. The normalized spacial score (nSPS) is 11.7. The van der Waals surface area contributed by atoms with Gasteiger partial charge in [-0.15, -0.1) is 0 Å². The number of aryl methyl sites for hydroxylation is 1. The van der Waals surface area contributed by atoms with Gasteiger partial charge in [0.05, 0.1) is 7.11 Å². The first-order valence-corrected chi connectivity index (χ1v) is 8.95. The lowest BCUT2D eigenvalue weighted by atomic mass is 10.2. The SMILES string of the molecule is CCc1ccc(OC)c(S(=O)(=O)N(C)CCc2ccncc2)c1. The zero-order valence-electron chi connectivity index (χ0n) is 13.7. The summed E-state index contributed by atoms with van der Waals surface area (Å²) in [5.41, 5.74) is 2.02. The van der Waals surface area contributed by atoms with Crippen molar-refractivity contribution in [2.45, 2.75) is 24.7 Å². The van der Waals surface area contributed by atoms with E-state index in [4.69, 9.17) is 4.74 Å². The summed E-state index contributed by atoms with van der Waals surface area (Å²) in [5, 5.41) is 0. The highest BCUT2D eigenvalue weighted by molar-refractivity contribution is 7.89. The Morgan fingerprint density at radius 3 is 2.43 bits per heavy atom. The Hall–Kier alpha value is -1.92. The standard InChI is InChI=1S/C17H22N2O3S/c1-4-14-5-6-16(22-3)17(13-14)23(20,21)19(2)12-9-15-7-10-18-11-8-15/h5-8,10-11,13H,4,9,12H2,1-3H3. The summed E-state index contributed by atoms with van der Waals surface area (Å²) in [6.07, 6.45) is 4.82. The molecule has 0 aliphatic heterocycles. The minimum absolute atomic E-state index is 0.219. The molecule has 0 saturated carbocycles. The van der Waals surface area contributed by atoms with E-state index < -0.39 is 10.0 Å². The third kappa shape index (κ3) is 4.09. The van der Waals surface area contributed by atoms with Gasteiger partial charge in [0.25, 0.3) is 0 Å². The van der Waals surface area contributed by atoms with Gasteiger partial charge in [-0.25, -0.2) is 12.7 Å². The van der Waals surface area contributed by atoms with Crippen LogP contribution >= 0.6 is 0 Å². The Bertz CT molecular complexity index is 746. The molecule has 0 N–H and O–H groups in total. The number of hydrogen-bond acceptors (Lipinski definition) is 4. The first kappa shape index (κ1) is 17.4. The van der Waals surface area contributed by atoms with Crippen LogP contribution in [0.2, 0.25) is 0 Å². The maximum Gasteiger partial charge on any atom is 0.246 e. The number of methoxy groups -OCH3 is 1. The molecule has 0 atom stereocenters. The average molecular weight is 334 g/mol. The second kappa shape index (κ2) is 7.57. The number of hydrogen-bond donors (Lipinski definition) is 0. The van der Waals surface area contributed by atoms with Crippen molar-refractivity contribution in [2.75, 3.05) is 20.7 Å². The fourth-order valence-corrected chi connectivity index (χ4v) is 3.64. The third-order valence-electron chi connectivity index (χ3n) is 3.79. The summed E-state index contributed by atoms with van der Waals surface area (Å²) in [6.45, 7) is 2.39. The van der Waals surface area contributed by atoms with Crippen LogP contribution in [0.25, 0.3) is 0 Å². The summed E-state index contributed by atoms with van der Waals surface area (Å²) in [6, 6.07) is 9.06. The Morgan fingerprint density at radius 2 is 1.83 bits per heavy atom. The first-order valence-electron chi connectivity index (χ1n) is 7.51. The van der Waals surface area contributed by atoms with Crippen molar-refractivity contribution >= 4 is 10.0 Å². The van der Waals surface area contributed by atoms with Gasteiger partial charge in [0.15, 0.2) is 0 Å². The zero-order chi connectivity index (χ0) is 16.9. The van der Waals surface area contributed by atoms with Crippen LogP contribution in [0.4, 0.5) is 0 Å². The molecule has 2 aromatic rings. The molecule has 0 aliphatic carbocycles. The zero-order valence-corrected chi connectivity index (χ0v) is 14.5. The maximum atomic E-state index is 12.8. The first-order chi connectivity index (χ1) is 11.0. The lowest BCUT2D eigenvalue weighted by Gasteiger charge is -2.19. The van der Waals surface area contributed by atoms with Crippen LogP contribution in [-0.2, 0) is 22.9 Å². The van der Waals surface area contributed by atoms with Gasteiger partial charge in [0.1, 0.15) is 10.6 Å². The second-order valence-corrected chi connectivity index (χ2v) is 7.28. The van der Waals surface area contributed by atoms with Crippen LogP contribution in [0.5, 0.6) is 5.75 Å². The number of aromatic nitrogens is 1. The van der Waals surface area contributed by atoms with Crippen LogP contribution in [0, 0.1) is 0 Å². The van der Waals surface area contributed by atoms with E-state index in [0.717, 1.165) is 17.5 Å². The summed E-state index contributed by atoms with van der Waals surface area (Å²) in [5.74, 6) is 0.373. The fourth-order valence-electron chi connectivity index (χ4n) is 2.27. The monoisotopic (exact) mass is 334 g/mol. The molecule has 2 rings (SSSR count). The molecule has 124 valence electrons. The molecule has 0 fully saturated rings. The van der Waals surface area contributed by atoms with Gasteiger partial charge in [-0.2, -0.15) is 0 Å². The fraction of sp³-hybridized carbons (Fsp3) is 0.353. The molecule has 1 heterocycles. The summed E-state index contributed by atoms with van der Waals surface area (Å²) in [4.78, 5) is 4.18. The Kier molecular flexibility index (Phi) is 5.74. The van der Waals surface area contributed by atoms with Gasteiger partial charge >= 0.3 is 0 Å². The molecule has 0 amide bonds. The van der Waals surface area contributed by atoms with Crippen molar-refractivity contribution in [2.24, 2.45) is 0 Å². The molecular weight excluding hydrogens is 312 g/mol. The maximum absolute atomic E-state index is 12.8. The lowest BCUT2D eigenvalue weighted by Crippen LogP contribution is -2.29. The van der Waals surface area contributed by atoms with Crippen molar-refractivity contribution < 1.29 is 13.2 Å². The largest absolute Gasteiger partial charge is 0.495 e. The highest BCUT2D eigenvalue weighted by Gasteiger charge is 2.24. The molecule has 0 aliphatic rings. The van der Waals surface area contributed by atoms with Crippen LogP contribution in [0.1, 0.15) is 18.1 Å².